The lowest BCUT2D eigenvalue weighted by molar-refractivity contribution is -0.111. The SMILES string of the molecule is CCCCn1nc(C)c(/C=N\N=C2\C(=O)N(C)c3ccccc32)c1Cl. The van der Waals surface area contributed by atoms with Gasteiger partial charge in [-0.3, -0.25) is 9.48 Å². The van der Waals surface area contributed by atoms with E-state index in [2.05, 4.69) is 22.2 Å². The molecule has 0 saturated heterocycles. The van der Waals surface area contributed by atoms with Gasteiger partial charge in [-0.25, -0.2) is 0 Å². The van der Waals surface area contributed by atoms with Gasteiger partial charge in [0.1, 0.15) is 5.15 Å². The van der Waals surface area contributed by atoms with Crippen molar-refractivity contribution in [3.8, 4) is 0 Å². The highest BCUT2D eigenvalue weighted by Gasteiger charge is 2.31. The van der Waals surface area contributed by atoms with Crippen LogP contribution in [-0.2, 0) is 11.3 Å². The molecule has 0 unspecified atom stereocenters. The largest absolute Gasteiger partial charge is 0.309 e. The Hall–Kier alpha value is -2.47. The molecule has 0 bridgehead atoms. The molecule has 7 heteroatoms. The monoisotopic (exact) mass is 357 g/mol. The number of anilines is 1. The van der Waals surface area contributed by atoms with E-state index in [4.69, 9.17) is 11.6 Å². The van der Waals surface area contributed by atoms with Crippen LogP contribution in [0.2, 0.25) is 5.15 Å². The fraction of sp³-hybridized carbons (Fsp3) is 0.333. The third kappa shape index (κ3) is 3.22. The summed E-state index contributed by atoms with van der Waals surface area (Å²) in [4.78, 5) is 13.9. The van der Waals surface area contributed by atoms with Crippen LogP contribution in [0.1, 0.15) is 36.6 Å². The third-order valence-corrected chi connectivity index (χ3v) is 4.60. The summed E-state index contributed by atoms with van der Waals surface area (Å²) in [5.74, 6) is -0.167. The summed E-state index contributed by atoms with van der Waals surface area (Å²) in [6.07, 6.45) is 3.65. The Bertz CT molecular complexity index is 868. The molecule has 1 aliphatic heterocycles. The van der Waals surface area contributed by atoms with Crippen molar-refractivity contribution in [2.45, 2.75) is 33.2 Å². The summed E-state index contributed by atoms with van der Waals surface area (Å²) < 4.78 is 1.78. The molecular weight excluding hydrogens is 338 g/mol. The van der Waals surface area contributed by atoms with Crippen LogP contribution in [0, 0.1) is 6.92 Å². The zero-order valence-electron chi connectivity index (χ0n) is 14.5. The van der Waals surface area contributed by atoms with E-state index in [0.29, 0.717) is 10.9 Å². The van der Waals surface area contributed by atoms with Gasteiger partial charge in [-0.05, 0) is 19.4 Å². The van der Waals surface area contributed by atoms with Crippen LogP contribution >= 0.6 is 11.6 Å². The molecule has 0 radical (unpaired) electrons. The number of nitrogens with zero attached hydrogens (tertiary/aromatic N) is 5. The van der Waals surface area contributed by atoms with Crippen molar-refractivity contribution in [2.75, 3.05) is 11.9 Å². The Morgan fingerprint density at radius 3 is 2.84 bits per heavy atom. The zero-order valence-corrected chi connectivity index (χ0v) is 15.3. The van der Waals surface area contributed by atoms with Crippen LogP contribution in [0.3, 0.4) is 0 Å². The highest BCUT2D eigenvalue weighted by molar-refractivity contribution is 6.54. The van der Waals surface area contributed by atoms with Crippen molar-refractivity contribution in [1.29, 1.82) is 0 Å². The first-order valence-corrected chi connectivity index (χ1v) is 8.63. The Kier molecular flexibility index (Phi) is 4.99. The normalized spacial score (nSPS) is 15.6. The van der Waals surface area contributed by atoms with Crippen LogP contribution in [0.25, 0.3) is 0 Å². The lowest BCUT2D eigenvalue weighted by atomic mass is 10.1. The molecule has 1 amide bonds. The maximum atomic E-state index is 12.3. The summed E-state index contributed by atoms with van der Waals surface area (Å²) in [6.45, 7) is 4.78. The standard InChI is InChI=1S/C18H20ClN5O/c1-4-5-10-24-17(19)14(12(2)22-24)11-20-21-16-13-8-6-7-9-15(13)23(3)18(16)25/h6-9,11H,4-5,10H2,1-3H3/b20-11-,21-16+. The molecule has 2 aromatic rings. The highest BCUT2D eigenvalue weighted by atomic mass is 35.5. The molecular formula is C18H20ClN5O. The number of aryl methyl sites for hydroxylation is 2. The molecule has 130 valence electrons. The number of likely N-dealkylation sites (N-methyl/N-ethyl adjacent to an activating group) is 1. The number of unbranched alkanes of at least 4 members (excludes halogenated alkanes) is 1. The second kappa shape index (κ2) is 7.19. The van der Waals surface area contributed by atoms with E-state index in [0.717, 1.165) is 41.9 Å². The molecule has 6 nitrogen and oxygen atoms in total. The van der Waals surface area contributed by atoms with Gasteiger partial charge in [-0.15, -0.1) is 5.10 Å². The molecule has 0 aliphatic carbocycles. The van der Waals surface area contributed by atoms with Gasteiger partial charge in [0.2, 0.25) is 0 Å². The quantitative estimate of drug-likeness (QED) is 0.607. The minimum absolute atomic E-state index is 0.167. The lowest BCUT2D eigenvalue weighted by Gasteiger charge is -2.07. The average Bonchev–Trinajstić information content (AvgIpc) is 3.02. The number of benzene rings is 1. The fourth-order valence-electron chi connectivity index (χ4n) is 2.76. The summed E-state index contributed by atoms with van der Waals surface area (Å²) in [6, 6.07) is 7.52. The average molecular weight is 358 g/mol. The van der Waals surface area contributed by atoms with Gasteiger partial charge in [0, 0.05) is 19.2 Å². The van der Waals surface area contributed by atoms with Crippen molar-refractivity contribution in [3.63, 3.8) is 0 Å². The van der Waals surface area contributed by atoms with E-state index in [1.165, 1.54) is 0 Å². The van der Waals surface area contributed by atoms with Gasteiger partial charge in [-0.2, -0.15) is 10.2 Å². The van der Waals surface area contributed by atoms with Gasteiger partial charge in [-0.1, -0.05) is 43.1 Å². The number of rotatable bonds is 5. The smallest absolute Gasteiger partial charge is 0.279 e. The van der Waals surface area contributed by atoms with E-state index in [1.54, 1.807) is 22.8 Å². The first-order chi connectivity index (χ1) is 12.0. The van der Waals surface area contributed by atoms with Gasteiger partial charge in [0.15, 0.2) is 5.71 Å². The molecule has 3 rings (SSSR count). The Morgan fingerprint density at radius 2 is 2.08 bits per heavy atom. The minimum atomic E-state index is -0.167. The number of hydrogen-bond acceptors (Lipinski definition) is 4. The topological polar surface area (TPSA) is 62.9 Å². The highest BCUT2D eigenvalue weighted by Crippen LogP contribution is 2.27. The van der Waals surface area contributed by atoms with Crippen molar-refractivity contribution in [2.24, 2.45) is 10.2 Å². The van der Waals surface area contributed by atoms with Gasteiger partial charge in [0.05, 0.1) is 23.2 Å². The molecule has 1 aromatic carbocycles. The van der Waals surface area contributed by atoms with Crippen LogP contribution in [0.15, 0.2) is 34.5 Å². The van der Waals surface area contributed by atoms with E-state index >= 15 is 0 Å². The second-order valence-electron chi connectivity index (χ2n) is 5.94. The molecule has 1 aromatic heterocycles. The molecule has 2 heterocycles. The van der Waals surface area contributed by atoms with Crippen LogP contribution in [0.5, 0.6) is 0 Å². The van der Waals surface area contributed by atoms with Crippen LogP contribution in [0.4, 0.5) is 5.69 Å². The molecule has 25 heavy (non-hydrogen) atoms. The number of fused-ring (bicyclic) bond motifs is 1. The number of carbonyl (C=O) groups is 1. The number of para-hydroxylation sites is 1. The summed E-state index contributed by atoms with van der Waals surface area (Å²) in [5, 5.41) is 13.2. The first-order valence-electron chi connectivity index (χ1n) is 8.26. The van der Waals surface area contributed by atoms with Crippen molar-refractivity contribution >= 4 is 35.1 Å². The predicted octanol–water partition coefficient (Wildman–Crippen LogP) is 3.44. The van der Waals surface area contributed by atoms with Gasteiger partial charge < -0.3 is 4.90 Å². The van der Waals surface area contributed by atoms with E-state index < -0.39 is 0 Å². The maximum absolute atomic E-state index is 12.3. The summed E-state index contributed by atoms with van der Waals surface area (Å²) in [7, 11) is 1.73. The molecule has 0 fully saturated rings. The predicted molar refractivity (Wildman–Crippen MR) is 101 cm³/mol. The number of halogens is 1. The molecule has 0 spiro atoms. The third-order valence-electron chi connectivity index (χ3n) is 4.21. The zero-order chi connectivity index (χ0) is 18.0. The Balaban J connectivity index is 1.88. The number of carbonyl (C=O) groups excluding carboxylic acids is 1. The summed E-state index contributed by atoms with van der Waals surface area (Å²) in [5.41, 5.74) is 3.48. The van der Waals surface area contributed by atoms with Crippen LogP contribution in [-0.4, -0.2) is 34.7 Å². The van der Waals surface area contributed by atoms with E-state index in [9.17, 15) is 4.79 Å². The number of aromatic nitrogens is 2. The van der Waals surface area contributed by atoms with Crippen molar-refractivity contribution in [3.05, 3.63) is 46.2 Å². The summed E-state index contributed by atoms with van der Waals surface area (Å²) >= 11 is 6.38. The second-order valence-corrected chi connectivity index (χ2v) is 6.30. The minimum Gasteiger partial charge on any atom is -0.309 e. The molecule has 0 N–H and O–H groups in total. The Labute approximate surface area is 151 Å². The molecule has 0 atom stereocenters. The van der Waals surface area contributed by atoms with Gasteiger partial charge in [0.25, 0.3) is 5.91 Å². The van der Waals surface area contributed by atoms with Crippen molar-refractivity contribution < 1.29 is 4.79 Å². The van der Waals surface area contributed by atoms with E-state index in [1.807, 2.05) is 31.2 Å². The Morgan fingerprint density at radius 1 is 1.32 bits per heavy atom. The van der Waals surface area contributed by atoms with E-state index in [-0.39, 0.29) is 5.91 Å². The number of hydrogen-bond donors (Lipinski definition) is 0. The first kappa shape index (κ1) is 17.4. The van der Waals surface area contributed by atoms with Crippen LogP contribution < -0.4 is 4.90 Å². The molecule has 0 saturated carbocycles. The number of amides is 1. The molecule has 1 aliphatic rings. The fourth-order valence-corrected chi connectivity index (χ4v) is 3.07. The van der Waals surface area contributed by atoms with Gasteiger partial charge >= 0.3 is 0 Å². The van der Waals surface area contributed by atoms with Crippen molar-refractivity contribution in [1.82, 2.24) is 9.78 Å². The lowest BCUT2D eigenvalue weighted by Crippen LogP contribution is -2.25. The maximum Gasteiger partial charge on any atom is 0.279 e.